The minimum Gasteiger partial charge on any atom is -0.487 e. The van der Waals surface area contributed by atoms with Gasteiger partial charge in [0.25, 0.3) is 0 Å². The van der Waals surface area contributed by atoms with Crippen LogP contribution in [0.4, 0.5) is 8.63 Å². The van der Waals surface area contributed by atoms with E-state index in [9.17, 15) is 9.59 Å². The lowest BCUT2D eigenvalue weighted by molar-refractivity contribution is -0.356. The smallest absolute Gasteiger partial charge is 0.487 e. The molecule has 12 heteroatoms. The zero-order valence-corrected chi connectivity index (χ0v) is 25.5. The molecule has 9 nitrogen and oxygen atoms in total. The van der Waals surface area contributed by atoms with Gasteiger partial charge in [-0.05, 0) is 62.7 Å². The SMILES string of the molecule is Cc1cc(C)n2c1C(c1ccc(OCc3cn(C4C5=C(OC4(C)C)c4ccccc4C(=O)C5=O)nn3)cc1)=C1C=CC=[N+]1[B-]2(F)F. The number of rotatable bonds is 5. The number of ether oxygens (including phenoxy) is 2. The summed E-state index contributed by atoms with van der Waals surface area (Å²) >= 11 is 0. The molecule has 8 rings (SSSR count). The lowest BCUT2D eigenvalue weighted by Crippen LogP contribution is -2.50. The van der Waals surface area contributed by atoms with Crippen LogP contribution in [0.2, 0.25) is 0 Å². The summed E-state index contributed by atoms with van der Waals surface area (Å²) in [5.41, 5.74) is 4.60. The van der Waals surface area contributed by atoms with E-state index in [0.717, 1.165) is 25.7 Å². The zero-order valence-electron chi connectivity index (χ0n) is 25.5. The van der Waals surface area contributed by atoms with Gasteiger partial charge in [-0.25, -0.2) is 4.68 Å². The largest absolute Gasteiger partial charge is 0.737 e. The Morgan fingerprint density at radius 1 is 1.04 bits per heavy atom. The van der Waals surface area contributed by atoms with E-state index in [1.807, 2.05) is 32.9 Å². The highest BCUT2D eigenvalue weighted by Crippen LogP contribution is 2.49. The van der Waals surface area contributed by atoms with Crippen LogP contribution in [0.3, 0.4) is 0 Å². The maximum absolute atomic E-state index is 15.5. The van der Waals surface area contributed by atoms with Crippen LogP contribution >= 0.6 is 0 Å². The molecule has 1 aliphatic carbocycles. The van der Waals surface area contributed by atoms with Crippen LogP contribution in [0.25, 0.3) is 11.3 Å². The highest BCUT2D eigenvalue weighted by Gasteiger charge is 2.53. The van der Waals surface area contributed by atoms with E-state index in [1.165, 1.54) is 6.21 Å². The normalized spacial score (nSPS) is 20.3. The highest BCUT2D eigenvalue weighted by atomic mass is 19.2. The van der Waals surface area contributed by atoms with Crippen LogP contribution in [0.1, 0.15) is 64.0 Å². The van der Waals surface area contributed by atoms with E-state index >= 15 is 8.63 Å². The van der Waals surface area contributed by atoms with Gasteiger partial charge in [-0.1, -0.05) is 41.6 Å². The first kappa shape index (κ1) is 28.1. The van der Waals surface area contributed by atoms with Gasteiger partial charge in [0.05, 0.1) is 17.3 Å². The topological polar surface area (TPSA) is 91.2 Å². The first-order valence-electron chi connectivity index (χ1n) is 15.0. The molecule has 4 aliphatic rings. The number of fused-ring (bicyclic) bond motifs is 4. The fourth-order valence-electron chi connectivity index (χ4n) is 7.17. The van der Waals surface area contributed by atoms with E-state index in [4.69, 9.17) is 9.47 Å². The number of halogens is 2. The van der Waals surface area contributed by atoms with Crippen molar-refractivity contribution in [2.45, 2.75) is 45.9 Å². The highest BCUT2D eigenvalue weighted by molar-refractivity contribution is 6.58. The summed E-state index contributed by atoms with van der Waals surface area (Å²) in [5, 5.41) is 8.55. The molecular formula is C34H28BF2N5O4. The summed E-state index contributed by atoms with van der Waals surface area (Å²) in [5.74, 6) is -0.222. The van der Waals surface area contributed by atoms with Gasteiger partial charge in [0, 0.05) is 29.0 Å². The molecular weight excluding hydrogens is 591 g/mol. The lowest BCUT2D eigenvalue weighted by Gasteiger charge is -2.32. The molecule has 230 valence electrons. The Balaban J connectivity index is 1.05. The van der Waals surface area contributed by atoms with Gasteiger partial charge < -0.3 is 27.1 Å². The monoisotopic (exact) mass is 619 g/mol. The summed E-state index contributed by atoms with van der Waals surface area (Å²) in [7, 11) is 0. The molecule has 2 aromatic heterocycles. The molecule has 2 aromatic carbocycles. The molecule has 46 heavy (non-hydrogen) atoms. The number of carbonyl (C=O) groups is 2. The quantitative estimate of drug-likeness (QED) is 0.218. The van der Waals surface area contributed by atoms with Gasteiger partial charge >= 0.3 is 6.97 Å². The van der Waals surface area contributed by atoms with Crippen molar-refractivity contribution < 1.29 is 32.2 Å². The molecule has 1 unspecified atom stereocenters. The summed E-state index contributed by atoms with van der Waals surface area (Å²) in [6, 6.07) is 15.4. The minimum atomic E-state index is -4.01. The van der Waals surface area contributed by atoms with Gasteiger partial charge in [-0.3, -0.25) is 9.59 Å². The molecule has 3 aliphatic heterocycles. The molecule has 0 saturated carbocycles. The Morgan fingerprint density at radius 3 is 2.54 bits per heavy atom. The van der Waals surface area contributed by atoms with Crippen molar-refractivity contribution in [3.63, 3.8) is 0 Å². The van der Waals surface area contributed by atoms with Crippen molar-refractivity contribution in [2.75, 3.05) is 0 Å². The second-order valence-corrected chi connectivity index (χ2v) is 12.5. The molecule has 0 N–H and O–H groups in total. The van der Waals surface area contributed by atoms with E-state index in [2.05, 4.69) is 10.3 Å². The number of benzene rings is 2. The maximum Gasteiger partial charge on any atom is 0.737 e. The lowest BCUT2D eigenvalue weighted by atomic mass is 9.83. The number of Topliss-reactive ketones (excluding diaryl/α,β-unsaturated/α-hetero) is 2. The summed E-state index contributed by atoms with van der Waals surface area (Å²) in [4.78, 5) is 26.2. The summed E-state index contributed by atoms with van der Waals surface area (Å²) in [6.45, 7) is 3.33. The molecule has 5 heterocycles. The third-order valence-corrected chi connectivity index (χ3v) is 9.10. The molecule has 1 atom stereocenters. The number of hydrogen-bond acceptors (Lipinski definition) is 6. The minimum absolute atomic E-state index is 0.0876. The zero-order chi connectivity index (χ0) is 32.1. The Bertz CT molecular complexity index is 2150. The number of aromatic nitrogens is 4. The van der Waals surface area contributed by atoms with E-state index < -0.39 is 30.2 Å². The van der Waals surface area contributed by atoms with E-state index in [0.29, 0.717) is 45.4 Å². The van der Waals surface area contributed by atoms with E-state index in [-0.39, 0.29) is 12.2 Å². The predicted octanol–water partition coefficient (Wildman–Crippen LogP) is 5.45. The Hall–Kier alpha value is -5.39. The molecule has 0 bridgehead atoms. The van der Waals surface area contributed by atoms with E-state index in [1.54, 1.807) is 72.4 Å². The average molecular weight is 619 g/mol. The predicted molar refractivity (Wildman–Crippen MR) is 166 cm³/mol. The van der Waals surface area contributed by atoms with Crippen LogP contribution in [0.15, 0.2) is 84.2 Å². The summed E-state index contributed by atoms with van der Waals surface area (Å²) in [6.07, 6.45) is 6.47. The fourth-order valence-corrected chi connectivity index (χ4v) is 7.17. The molecule has 0 fully saturated rings. The Labute approximate surface area is 262 Å². The molecule has 0 saturated heterocycles. The maximum atomic E-state index is 15.5. The second kappa shape index (κ2) is 9.56. The number of aryl methyl sites for hydroxylation is 2. The first-order valence-corrected chi connectivity index (χ1v) is 15.0. The van der Waals surface area contributed by atoms with Crippen LogP contribution < -0.4 is 4.74 Å². The number of nitrogens with zero attached hydrogens (tertiary/aromatic N) is 5. The van der Waals surface area contributed by atoms with Crippen LogP contribution in [0.5, 0.6) is 5.75 Å². The number of ketones is 2. The van der Waals surface area contributed by atoms with Gasteiger partial charge in [0.1, 0.15) is 41.7 Å². The third-order valence-electron chi connectivity index (χ3n) is 9.10. The Morgan fingerprint density at radius 2 is 1.78 bits per heavy atom. The Kier molecular flexibility index (Phi) is 5.84. The van der Waals surface area contributed by atoms with Crippen LogP contribution in [-0.2, 0) is 16.1 Å². The second-order valence-electron chi connectivity index (χ2n) is 12.5. The molecule has 0 spiro atoms. The standard InChI is InChI=1S/C34H28BF2N5O4/c1-19-16-20(2)42-29(19)27(26-10-7-15-40(26)35(42,36)37)21-11-13-23(14-12-21)45-18-22-17-41(39-38-22)33-28-31(44)30(43)24-8-5-6-9-25(24)32(28)46-34(33,3)4/h5-17,33H,18H2,1-4H3. The van der Waals surface area contributed by atoms with Gasteiger partial charge in [0.2, 0.25) is 11.6 Å². The summed E-state index contributed by atoms with van der Waals surface area (Å²) < 4.78 is 47.1. The average Bonchev–Trinajstić information content (AvgIpc) is 3.81. The van der Waals surface area contributed by atoms with Crippen LogP contribution in [-0.4, -0.2) is 54.3 Å². The number of carbonyl (C=O) groups excluding carboxylic acids is 2. The number of hydrogen-bond donors (Lipinski definition) is 0. The molecule has 4 aromatic rings. The first-order chi connectivity index (χ1) is 22.0. The van der Waals surface area contributed by atoms with Crippen molar-refractivity contribution in [1.82, 2.24) is 19.5 Å². The van der Waals surface area contributed by atoms with Crippen molar-refractivity contribution >= 4 is 36.1 Å². The van der Waals surface area contributed by atoms with Gasteiger partial charge in [-0.2, -0.15) is 0 Å². The van der Waals surface area contributed by atoms with Crippen molar-refractivity contribution in [2.24, 2.45) is 0 Å². The molecule has 0 amide bonds. The van der Waals surface area contributed by atoms with Crippen molar-refractivity contribution in [3.8, 4) is 5.75 Å². The fraction of sp³-hybridized carbons (Fsp3) is 0.206. The third kappa shape index (κ3) is 3.88. The van der Waals surface area contributed by atoms with Gasteiger partial charge in [-0.15, -0.1) is 5.10 Å². The number of allylic oxidation sites excluding steroid dienone is 2. The molecule has 0 radical (unpaired) electrons. The van der Waals surface area contributed by atoms with Crippen molar-refractivity contribution in [1.29, 1.82) is 0 Å². The van der Waals surface area contributed by atoms with Gasteiger partial charge in [0.15, 0.2) is 5.70 Å². The van der Waals surface area contributed by atoms with Crippen LogP contribution in [0, 0.1) is 13.8 Å². The van der Waals surface area contributed by atoms with Crippen molar-refractivity contribution in [3.05, 3.63) is 124 Å².